The summed E-state index contributed by atoms with van der Waals surface area (Å²) in [5.74, 6) is -0.626. The number of hydrogen-bond acceptors (Lipinski definition) is 5. The fourth-order valence-corrected chi connectivity index (χ4v) is 2.92. The van der Waals surface area contributed by atoms with Gasteiger partial charge in [0, 0.05) is 31.6 Å². The van der Waals surface area contributed by atoms with Gasteiger partial charge in [-0.15, -0.1) is 0 Å². The molecule has 3 heterocycles. The van der Waals surface area contributed by atoms with Crippen LogP contribution in [0.1, 0.15) is 52.3 Å². The van der Waals surface area contributed by atoms with E-state index in [1.807, 2.05) is 12.1 Å². The molecule has 0 amide bonds. The van der Waals surface area contributed by atoms with Gasteiger partial charge >= 0.3 is 0 Å². The highest BCUT2D eigenvalue weighted by molar-refractivity contribution is 5.96. The minimum Gasteiger partial charge on any atom is -0.369 e. The van der Waals surface area contributed by atoms with Crippen molar-refractivity contribution in [1.82, 2.24) is 20.5 Å². The third kappa shape index (κ3) is 3.09. The Kier molecular flexibility index (Phi) is 4.12. The molecule has 0 radical (unpaired) electrons. The normalized spacial score (nSPS) is 21.0. The maximum absolute atomic E-state index is 14.2. The summed E-state index contributed by atoms with van der Waals surface area (Å²) < 4.78 is 19.9. The molecule has 2 aliphatic rings. The number of nitrogens with one attached hydrogen (secondary N) is 2. The van der Waals surface area contributed by atoms with Gasteiger partial charge in [0.25, 0.3) is 0 Å². The van der Waals surface area contributed by atoms with Crippen LogP contribution in [0.25, 0.3) is 0 Å². The number of ketones is 1. The molecule has 1 atom stereocenters. The van der Waals surface area contributed by atoms with E-state index in [0.717, 1.165) is 37.2 Å². The number of carbonyl (C=O) groups excluding carboxylic acids is 1. The van der Waals surface area contributed by atoms with Gasteiger partial charge < -0.3 is 10.1 Å². The van der Waals surface area contributed by atoms with Crippen LogP contribution in [0.5, 0.6) is 0 Å². The van der Waals surface area contributed by atoms with E-state index in [1.165, 1.54) is 0 Å². The monoisotopic (exact) mass is 330 g/mol. The van der Waals surface area contributed by atoms with Gasteiger partial charge in [-0.3, -0.25) is 14.9 Å². The summed E-state index contributed by atoms with van der Waals surface area (Å²) in [6.07, 6.45) is 3.58. The SMILES string of the molecule is O=C(Cc1ccc([C@H]2CNCCO2)nc1)c1n[nH]c(C2CC2)c1F. The van der Waals surface area contributed by atoms with Crippen molar-refractivity contribution in [1.29, 1.82) is 0 Å². The molecule has 126 valence electrons. The van der Waals surface area contributed by atoms with E-state index < -0.39 is 5.82 Å². The lowest BCUT2D eigenvalue weighted by Gasteiger charge is -2.23. The lowest BCUT2D eigenvalue weighted by atomic mass is 10.1. The maximum atomic E-state index is 14.2. The van der Waals surface area contributed by atoms with Crippen molar-refractivity contribution in [3.63, 3.8) is 0 Å². The van der Waals surface area contributed by atoms with Gasteiger partial charge in [-0.1, -0.05) is 6.07 Å². The number of Topliss-reactive ketones (excluding diaryl/α,β-unsaturated/α-hetero) is 1. The summed E-state index contributed by atoms with van der Waals surface area (Å²) in [4.78, 5) is 16.7. The van der Waals surface area contributed by atoms with E-state index in [1.54, 1.807) is 6.20 Å². The van der Waals surface area contributed by atoms with Crippen molar-refractivity contribution < 1.29 is 13.9 Å². The van der Waals surface area contributed by atoms with Gasteiger partial charge in [-0.25, -0.2) is 4.39 Å². The zero-order valence-electron chi connectivity index (χ0n) is 13.2. The zero-order valence-corrected chi connectivity index (χ0v) is 13.2. The summed E-state index contributed by atoms with van der Waals surface area (Å²) in [7, 11) is 0. The van der Waals surface area contributed by atoms with E-state index >= 15 is 0 Å². The largest absolute Gasteiger partial charge is 0.369 e. The van der Waals surface area contributed by atoms with Crippen LogP contribution in [-0.4, -0.2) is 40.7 Å². The minimum atomic E-state index is -0.492. The van der Waals surface area contributed by atoms with Crippen LogP contribution in [-0.2, 0) is 11.2 Å². The summed E-state index contributed by atoms with van der Waals surface area (Å²) in [6.45, 7) is 2.24. The van der Waals surface area contributed by atoms with E-state index in [-0.39, 0.29) is 29.9 Å². The van der Waals surface area contributed by atoms with Crippen LogP contribution in [0.2, 0.25) is 0 Å². The van der Waals surface area contributed by atoms with Crippen molar-refractivity contribution in [3.8, 4) is 0 Å². The third-order valence-electron chi connectivity index (χ3n) is 4.45. The Morgan fingerprint density at radius 1 is 1.38 bits per heavy atom. The van der Waals surface area contributed by atoms with Crippen LogP contribution in [0, 0.1) is 5.82 Å². The average Bonchev–Trinajstić information content (AvgIpc) is 3.38. The fourth-order valence-electron chi connectivity index (χ4n) is 2.92. The van der Waals surface area contributed by atoms with E-state index in [2.05, 4.69) is 20.5 Å². The first-order valence-electron chi connectivity index (χ1n) is 8.26. The number of aromatic amines is 1. The molecule has 1 saturated carbocycles. The van der Waals surface area contributed by atoms with E-state index in [4.69, 9.17) is 4.74 Å². The van der Waals surface area contributed by atoms with Crippen LogP contribution in [0.15, 0.2) is 18.3 Å². The molecule has 0 unspecified atom stereocenters. The second kappa shape index (κ2) is 6.41. The van der Waals surface area contributed by atoms with Gasteiger partial charge in [-0.2, -0.15) is 5.10 Å². The highest BCUT2D eigenvalue weighted by atomic mass is 19.1. The Morgan fingerprint density at radius 2 is 2.25 bits per heavy atom. The third-order valence-corrected chi connectivity index (χ3v) is 4.45. The summed E-state index contributed by atoms with van der Waals surface area (Å²) in [5.41, 5.74) is 1.94. The molecule has 0 aromatic carbocycles. The van der Waals surface area contributed by atoms with Crippen molar-refractivity contribution in [2.75, 3.05) is 19.7 Å². The molecule has 1 aliphatic heterocycles. The molecule has 24 heavy (non-hydrogen) atoms. The predicted molar refractivity (Wildman–Crippen MR) is 84.4 cm³/mol. The van der Waals surface area contributed by atoms with Gasteiger partial charge in [0.05, 0.1) is 18.0 Å². The van der Waals surface area contributed by atoms with Gasteiger partial charge in [0.1, 0.15) is 6.10 Å². The van der Waals surface area contributed by atoms with Crippen molar-refractivity contribution >= 4 is 5.78 Å². The lowest BCUT2D eigenvalue weighted by molar-refractivity contribution is 0.0250. The highest BCUT2D eigenvalue weighted by Crippen LogP contribution is 2.40. The number of H-pyrrole nitrogens is 1. The quantitative estimate of drug-likeness (QED) is 0.819. The van der Waals surface area contributed by atoms with Crippen LogP contribution < -0.4 is 5.32 Å². The molecule has 7 heteroatoms. The number of rotatable bonds is 5. The standard InChI is InChI=1S/C17H19FN4O2/c18-15-16(11-2-3-11)21-22-17(15)13(23)7-10-1-4-12(20-8-10)14-9-19-5-6-24-14/h1,4,8,11,14,19H,2-3,5-7,9H2,(H,21,22)/t14-/m1/s1. The second-order valence-corrected chi connectivity index (χ2v) is 6.33. The number of nitrogens with zero attached hydrogens (tertiary/aromatic N) is 2. The molecular formula is C17H19FN4O2. The minimum absolute atomic E-state index is 0.0617. The molecule has 0 bridgehead atoms. The maximum Gasteiger partial charge on any atom is 0.190 e. The molecule has 6 nitrogen and oxygen atoms in total. The van der Waals surface area contributed by atoms with Crippen molar-refractivity contribution in [3.05, 3.63) is 46.8 Å². The van der Waals surface area contributed by atoms with Crippen molar-refractivity contribution in [2.24, 2.45) is 0 Å². The number of hydrogen-bond donors (Lipinski definition) is 2. The zero-order chi connectivity index (χ0) is 16.5. The molecule has 2 fully saturated rings. The number of pyridine rings is 1. The number of carbonyl (C=O) groups is 1. The van der Waals surface area contributed by atoms with Crippen LogP contribution in [0.3, 0.4) is 0 Å². The number of morpholine rings is 1. The Bertz CT molecular complexity index is 734. The van der Waals surface area contributed by atoms with Crippen molar-refractivity contribution in [2.45, 2.75) is 31.3 Å². The highest BCUT2D eigenvalue weighted by Gasteiger charge is 2.31. The van der Waals surface area contributed by atoms with Gasteiger partial charge in [0.2, 0.25) is 0 Å². The molecular weight excluding hydrogens is 311 g/mol. The van der Waals surface area contributed by atoms with Crippen LogP contribution >= 0.6 is 0 Å². The predicted octanol–water partition coefficient (Wildman–Crippen LogP) is 1.91. The van der Waals surface area contributed by atoms with Gasteiger partial charge in [-0.05, 0) is 24.5 Å². The molecule has 0 spiro atoms. The smallest absolute Gasteiger partial charge is 0.190 e. The Morgan fingerprint density at radius 3 is 2.92 bits per heavy atom. The Labute approximate surface area is 138 Å². The average molecular weight is 330 g/mol. The molecule has 1 aliphatic carbocycles. The number of ether oxygens (including phenoxy) is 1. The van der Waals surface area contributed by atoms with Crippen LogP contribution in [0.4, 0.5) is 4.39 Å². The number of halogens is 1. The molecule has 4 rings (SSSR count). The van der Waals surface area contributed by atoms with Gasteiger partial charge in [0.15, 0.2) is 17.3 Å². The second-order valence-electron chi connectivity index (χ2n) is 6.33. The topological polar surface area (TPSA) is 79.9 Å². The molecule has 1 saturated heterocycles. The van der Waals surface area contributed by atoms with E-state index in [0.29, 0.717) is 12.3 Å². The first-order chi connectivity index (χ1) is 11.7. The summed E-state index contributed by atoms with van der Waals surface area (Å²) in [6, 6.07) is 3.70. The Balaban J connectivity index is 1.43. The summed E-state index contributed by atoms with van der Waals surface area (Å²) >= 11 is 0. The fraction of sp³-hybridized carbons (Fsp3) is 0.471. The molecule has 2 N–H and O–H groups in total. The number of aromatic nitrogens is 3. The molecule has 2 aromatic rings. The lowest BCUT2D eigenvalue weighted by Crippen LogP contribution is -2.33. The first-order valence-corrected chi connectivity index (χ1v) is 8.26. The first kappa shape index (κ1) is 15.4. The Hall–Kier alpha value is -2.12. The summed E-state index contributed by atoms with van der Waals surface area (Å²) in [5, 5.41) is 9.79. The molecule has 2 aromatic heterocycles. The van der Waals surface area contributed by atoms with E-state index in [9.17, 15) is 9.18 Å².